The standard InChI is InChI=1S/C29H30F4N2O4S/c1-18-25(30)27(32)29(28(33)26(18)31)40(38,39)34(2)17-24(37)35(22-12-14-23(36)15-13-22)16-19-8-10-21(11-9-19)20-6-4-3-5-7-20/h8-15,20,36H,3-7,16-17H2,1-2H3. The molecule has 0 aromatic heterocycles. The average Bonchev–Trinajstić information content (AvgIpc) is 2.95. The van der Waals surface area contributed by atoms with Gasteiger partial charge in [0.2, 0.25) is 15.9 Å². The first kappa shape index (κ1) is 29.5. The second kappa shape index (κ2) is 12.0. The predicted octanol–water partition coefficient (Wildman–Crippen LogP) is 6.16. The summed E-state index contributed by atoms with van der Waals surface area (Å²) in [5.41, 5.74) is 1.28. The topological polar surface area (TPSA) is 77.9 Å². The van der Waals surface area contributed by atoms with E-state index in [1.165, 1.54) is 54.0 Å². The maximum Gasteiger partial charge on any atom is 0.249 e. The molecular weight excluding hydrogens is 548 g/mol. The highest BCUT2D eigenvalue weighted by molar-refractivity contribution is 7.89. The van der Waals surface area contributed by atoms with E-state index in [9.17, 15) is 35.9 Å². The molecule has 0 bridgehead atoms. The zero-order valence-electron chi connectivity index (χ0n) is 22.1. The molecule has 0 atom stereocenters. The number of carbonyl (C=O) groups excluding carboxylic acids is 1. The minimum absolute atomic E-state index is 0.0267. The van der Waals surface area contributed by atoms with Crippen LogP contribution >= 0.6 is 0 Å². The molecule has 0 radical (unpaired) electrons. The number of carbonyl (C=O) groups is 1. The Balaban J connectivity index is 1.60. The number of sulfonamides is 1. The van der Waals surface area contributed by atoms with Crippen molar-refractivity contribution >= 4 is 21.6 Å². The van der Waals surface area contributed by atoms with E-state index in [-0.39, 0.29) is 12.3 Å². The average molecular weight is 579 g/mol. The third-order valence-electron chi connectivity index (χ3n) is 7.33. The molecule has 1 amide bonds. The van der Waals surface area contributed by atoms with E-state index in [4.69, 9.17) is 0 Å². The van der Waals surface area contributed by atoms with E-state index >= 15 is 0 Å². The maximum atomic E-state index is 14.5. The Bertz CT molecular complexity index is 1460. The fraction of sp³-hybridized carbons (Fsp3) is 0.345. The molecule has 214 valence electrons. The zero-order chi connectivity index (χ0) is 29.2. The molecule has 1 saturated carbocycles. The summed E-state index contributed by atoms with van der Waals surface area (Å²) in [6.45, 7) is -0.0873. The quantitative estimate of drug-likeness (QED) is 0.257. The first-order valence-corrected chi connectivity index (χ1v) is 14.3. The molecule has 3 aromatic rings. The fourth-order valence-electron chi connectivity index (χ4n) is 4.93. The summed E-state index contributed by atoms with van der Waals surface area (Å²) >= 11 is 0. The lowest BCUT2D eigenvalue weighted by atomic mass is 9.84. The molecule has 0 heterocycles. The van der Waals surface area contributed by atoms with Crippen molar-refractivity contribution in [1.29, 1.82) is 0 Å². The lowest BCUT2D eigenvalue weighted by Crippen LogP contribution is -2.41. The summed E-state index contributed by atoms with van der Waals surface area (Å²) in [4.78, 5) is 12.9. The smallest absolute Gasteiger partial charge is 0.249 e. The lowest BCUT2D eigenvalue weighted by molar-refractivity contribution is -0.118. The van der Waals surface area contributed by atoms with Gasteiger partial charge in [-0.05, 0) is 61.1 Å². The monoisotopic (exact) mass is 578 g/mol. The van der Waals surface area contributed by atoms with Gasteiger partial charge in [0.05, 0.1) is 13.1 Å². The van der Waals surface area contributed by atoms with Crippen LogP contribution in [0.5, 0.6) is 5.75 Å². The molecule has 6 nitrogen and oxygen atoms in total. The van der Waals surface area contributed by atoms with Crippen LogP contribution in [0.15, 0.2) is 53.4 Å². The molecule has 0 aliphatic heterocycles. The van der Waals surface area contributed by atoms with E-state index in [2.05, 4.69) is 0 Å². The van der Waals surface area contributed by atoms with Gasteiger partial charge >= 0.3 is 0 Å². The molecule has 4 rings (SSSR count). The van der Waals surface area contributed by atoms with Crippen LogP contribution in [-0.2, 0) is 21.4 Å². The van der Waals surface area contributed by atoms with Gasteiger partial charge in [-0.15, -0.1) is 0 Å². The van der Waals surface area contributed by atoms with Crippen LogP contribution in [-0.4, -0.2) is 37.3 Å². The van der Waals surface area contributed by atoms with Gasteiger partial charge in [-0.2, -0.15) is 4.31 Å². The molecule has 1 N–H and O–H groups in total. The Morgan fingerprint density at radius 3 is 1.98 bits per heavy atom. The number of anilines is 1. The number of nitrogens with zero attached hydrogens (tertiary/aromatic N) is 2. The van der Waals surface area contributed by atoms with Crippen molar-refractivity contribution in [2.45, 2.75) is 56.4 Å². The van der Waals surface area contributed by atoms with E-state index < -0.39 is 56.2 Å². The Hall–Kier alpha value is -3.44. The number of likely N-dealkylation sites (N-methyl/N-ethyl adjacent to an activating group) is 1. The molecule has 11 heteroatoms. The summed E-state index contributed by atoms with van der Waals surface area (Å²) in [5.74, 6) is -8.15. The first-order chi connectivity index (χ1) is 18.9. The number of amides is 1. The maximum absolute atomic E-state index is 14.5. The Morgan fingerprint density at radius 2 is 1.43 bits per heavy atom. The van der Waals surface area contributed by atoms with Crippen LogP contribution in [0.1, 0.15) is 54.7 Å². The molecule has 0 unspecified atom stereocenters. The summed E-state index contributed by atoms with van der Waals surface area (Å²) in [6, 6.07) is 13.4. The number of aromatic hydroxyl groups is 1. The zero-order valence-corrected chi connectivity index (χ0v) is 22.9. The van der Waals surface area contributed by atoms with Crippen molar-refractivity contribution in [3.05, 3.63) is 88.5 Å². The van der Waals surface area contributed by atoms with Crippen molar-refractivity contribution in [1.82, 2.24) is 4.31 Å². The van der Waals surface area contributed by atoms with Crippen LogP contribution in [0.25, 0.3) is 0 Å². The van der Waals surface area contributed by atoms with E-state index in [1.54, 1.807) is 0 Å². The van der Waals surface area contributed by atoms with Crippen molar-refractivity contribution in [3.8, 4) is 5.75 Å². The molecule has 40 heavy (non-hydrogen) atoms. The highest BCUT2D eigenvalue weighted by Crippen LogP contribution is 2.33. The van der Waals surface area contributed by atoms with Crippen molar-refractivity contribution in [2.24, 2.45) is 0 Å². The van der Waals surface area contributed by atoms with E-state index in [0.717, 1.165) is 32.4 Å². The summed E-state index contributed by atoms with van der Waals surface area (Å²) in [7, 11) is -4.27. The Morgan fingerprint density at radius 1 is 0.875 bits per heavy atom. The summed E-state index contributed by atoms with van der Waals surface area (Å²) < 4.78 is 83.5. The number of benzene rings is 3. The van der Waals surface area contributed by atoms with Gasteiger partial charge in [0.1, 0.15) is 5.75 Å². The normalized spacial score (nSPS) is 14.5. The van der Waals surface area contributed by atoms with Gasteiger partial charge in [0, 0.05) is 18.3 Å². The molecule has 1 fully saturated rings. The van der Waals surface area contributed by atoms with Crippen LogP contribution in [0.4, 0.5) is 23.2 Å². The Kier molecular flexibility index (Phi) is 8.84. The number of phenols is 1. The third-order valence-corrected chi connectivity index (χ3v) is 9.15. The van der Waals surface area contributed by atoms with Crippen molar-refractivity contribution in [2.75, 3.05) is 18.5 Å². The van der Waals surface area contributed by atoms with Gasteiger partial charge in [0.15, 0.2) is 28.2 Å². The second-order valence-electron chi connectivity index (χ2n) is 10.0. The first-order valence-electron chi connectivity index (χ1n) is 12.9. The van der Waals surface area contributed by atoms with Crippen LogP contribution in [0.2, 0.25) is 0 Å². The minimum Gasteiger partial charge on any atom is -0.508 e. The molecular formula is C29H30F4N2O4S. The second-order valence-corrected chi connectivity index (χ2v) is 12.0. The predicted molar refractivity (Wildman–Crippen MR) is 142 cm³/mol. The van der Waals surface area contributed by atoms with Gasteiger partial charge < -0.3 is 10.0 Å². The van der Waals surface area contributed by atoms with Crippen LogP contribution < -0.4 is 4.90 Å². The summed E-state index contributed by atoms with van der Waals surface area (Å²) in [6.07, 6.45) is 5.83. The van der Waals surface area contributed by atoms with Gasteiger partial charge in [-0.25, -0.2) is 26.0 Å². The largest absolute Gasteiger partial charge is 0.508 e. The summed E-state index contributed by atoms with van der Waals surface area (Å²) in [5, 5.41) is 9.69. The molecule has 3 aromatic carbocycles. The molecule has 1 aliphatic rings. The number of halogens is 4. The number of rotatable bonds is 8. The number of hydrogen-bond acceptors (Lipinski definition) is 4. The SMILES string of the molecule is Cc1c(F)c(F)c(S(=O)(=O)N(C)CC(=O)N(Cc2ccc(C3CCCCC3)cc2)c2ccc(O)cc2)c(F)c1F. The number of phenolic OH excluding ortho intramolecular Hbond substituents is 1. The number of hydrogen-bond donors (Lipinski definition) is 1. The highest BCUT2D eigenvalue weighted by Gasteiger charge is 2.36. The molecule has 1 aliphatic carbocycles. The molecule has 0 saturated heterocycles. The lowest BCUT2D eigenvalue weighted by Gasteiger charge is -2.26. The third kappa shape index (κ3) is 6.00. The van der Waals surface area contributed by atoms with Crippen LogP contribution in [0.3, 0.4) is 0 Å². The van der Waals surface area contributed by atoms with E-state index in [0.29, 0.717) is 15.9 Å². The van der Waals surface area contributed by atoms with Crippen molar-refractivity contribution in [3.63, 3.8) is 0 Å². The molecule has 0 spiro atoms. The minimum atomic E-state index is -5.15. The highest BCUT2D eigenvalue weighted by atomic mass is 32.2. The van der Waals surface area contributed by atoms with Gasteiger partial charge in [0.25, 0.3) is 0 Å². The fourth-order valence-corrected chi connectivity index (χ4v) is 6.16. The van der Waals surface area contributed by atoms with E-state index in [1.807, 2.05) is 24.3 Å². The Labute approximate surface area is 230 Å². The van der Waals surface area contributed by atoms with Crippen molar-refractivity contribution < 1.29 is 35.9 Å². The van der Waals surface area contributed by atoms with Gasteiger partial charge in [-0.1, -0.05) is 43.5 Å². The van der Waals surface area contributed by atoms with Crippen LogP contribution in [0, 0.1) is 30.2 Å². The van der Waals surface area contributed by atoms with Gasteiger partial charge in [-0.3, -0.25) is 4.79 Å².